The summed E-state index contributed by atoms with van der Waals surface area (Å²) in [6, 6.07) is 6.28. The normalized spacial score (nSPS) is 10.4. The van der Waals surface area contributed by atoms with Gasteiger partial charge in [-0.05, 0) is 30.5 Å². The van der Waals surface area contributed by atoms with Gasteiger partial charge in [0.25, 0.3) is 0 Å². The van der Waals surface area contributed by atoms with E-state index in [-0.39, 0.29) is 0 Å². The van der Waals surface area contributed by atoms with Crippen molar-refractivity contribution in [2.75, 3.05) is 0 Å². The van der Waals surface area contributed by atoms with Crippen LogP contribution in [0.5, 0.6) is 5.75 Å². The van der Waals surface area contributed by atoms with E-state index in [2.05, 4.69) is 37.1 Å². The summed E-state index contributed by atoms with van der Waals surface area (Å²) >= 11 is 0. The Hall–Kier alpha value is -1.77. The van der Waals surface area contributed by atoms with Gasteiger partial charge < -0.3 is 4.74 Å². The van der Waals surface area contributed by atoms with Crippen molar-refractivity contribution >= 4 is 0 Å². The van der Waals surface area contributed by atoms with Crippen LogP contribution in [-0.4, -0.2) is 9.78 Å². The summed E-state index contributed by atoms with van der Waals surface area (Å²) in [4.78, 5) is 0. The minimum absolute atomic E-state index is 0.601. The fraction of sp³-hybridized carbons (Fsp3) is 0.308. The molecule has 1 aromatic heterocycles. The monoisotopic (exact) mass is 216 g/mol. The predicted molar refractivity (Wildman–Crippen MR) is 63.5 cm³/mol. The molecule has 0 N–H and O–H groups in total. The Bertz CT molecular complexity index is 468. The van der Waals surface area contributed by atoms with Crippen molar-refractivity contribution in [1.82, 2.24) is 9.78 Å². The van der Waals surface area contributed by atoms with Gasteiger partial charge >= 0.3 is 0 Å². The van der Waals surface area contributed by atoms with Crippen LogP contribution >= 0.6 is 0 Å². The van der Waals surface area contributed by atoms with Crippen molar-refractivity contribution in [3.8, 4) is 5.75 Å². The molecular weight excluding hydrogens is 200 g/mol. The molecule has 1 aromatic carbocycles. The quantitative estimate of drug-likeness (QED) is 0.788. The van der Waals surface area contributed by atoms with Crippen LogP contribution in [0.25, 0.3) is 0 Å². The van der Waals surface area contributed by atoms with Gasteiger partial charge in [0, 0.05) is 7.05 Å². The molecule has 0 saturated carbocycles. The first-order valence-electron chi connectivity index (χ1n) is 5.33. The van der Waals surface area contributed by atoms with Gasteiger partial charge in [0.15, 0.2) is 5.75 Å². The van der Waals surface area contributed by atoms with Crippen molar-refractivity contribution in [3.63, 3.8) is 0 Å². The minimum Gasteiger partial charge on any atom is -0.486 e. The zero-order chi connectivity index (χ0) is 11.5. The smallest absolute Gasteiger partial charge is 0.157 e. The fourth-order valence-electron chi connectivity index (χ4n) is 1.71. The van der Waals surface area contributed by atoms with Crippen molar-refractivity contribution in [2.45, 2.75) is 20.5 Å². The van der Waals surface area contributed by atoms with Gasteiger partial charge in [-0.3, -0.25) is 4.68 Å². The third kappa shape index (κ3) is 2.24. The highest BCUT2D eigenvalue weighted by Gasteiger charge is 2.03. The van der Waals surface area contributed by atoms with Gasteiger partial charge in [-0.25, -0.2) is 0 Å². The van der Waals surface area contributed by atoms with E-state index in [1.54, 1.807) is 10.9 Å². The third-order valence-corrected chi connectivity index (χ3v) is 2.71. The molecule has 2 rings (SSSR count). The van der Waals surface area contributed by atoms with E-state index in [1.165, 1.54) is 16.7 Å². The number of aromatic nitrogens is 2. The summed E-state index contributed by atoms with van der Waals surface area (Å²) in [7, 11) is 1.88. The number of ether oxygens (including phenoxy) is 1. The number of benzene rings is 1. The average Bonchev–Trinajstić information content (AvgIpc) is 2.63. The van der Waals surface area contributed by atoms with E-state index in [1.807, 2.05) is 13.2 Å². The van der Waals surface area contributed by atoms with Crippen LogP contribution in [0.4, 0.5) is 0 Å². The minimum atomic E-state index is 0.601. The summed E-state index contributed by atoms with van der Waals surface area (Å²) in [6.45, 7) is 4.81. The standard InChI is InChI=1S/C13H16N2O/c1-10-5-4-6-11(2)13(10)9-16-12-7-14-15(3)8-12/h4-8H,9H2,1-3H3. The highest BCUT2D eigenvalue weighted by molar-refractivity contribution is 5.33. The lowest BCUT2D eigenvalue weighted by Gasteiger charge is -2.09. The zero-order valence-electron chi connectivity index (χ0n) is 9.90. The lowest BCUT2D eigenvalue weighted by Crippen LogP contribution is -1.99. The van der Waals surface area contributed by atoms with Gasteiger partial charge in [-0.15, -0.1) is 0 Å². The highest BCUT2D eigenvalue weighted by Crippen LogP contribution is 2.16. The summed E-state index contributed by atoms with van der Waals surface area (Å²) in [5.41, 5.74) is 3.79. The summed E-state index contributed by atoms with van der Waals surface area (Å²) in [5, 5.41) is 4.07. The lowest BCUT2D eigenvalue weighted by atomic mass is 10.0. The van der Waals surface area contributed by atoms with Crippen LogP contribution in [0.15, 0.2) is 30.6 Å². The molecule has 1 heterocycles. The second-order valence-electron chi connectivity index (χ2n) is 4.01. The Morgan fingerprint density at radius 1 is 1.25 bits per heavy atom. The predicted octanol–water partition coefficient (Wildman–Crippen LogP) is 2.62. The van der Waals surface area contributed by atoms with E-state index < -0.39 is 0 Å². The molecule has 16 heavy (non-hydrogen) atoms. The Balaban J connectivity index is 2.10. The number of rotatable bonds is 3. The first kappa shape index (κ1) is 10.7. The maximum Gasteiger partial charge on any atom is 0.157 e. The van der Waals surface area contributed by atoms with Crippen molar-refractivity contribution in [1.29, 1.82) is 0 Å². The molecule has 0 spiro atoms. The summed E-state index contributed by atoms with van der Waals surface area (Å²) in [6.07, 6.45) is 3.60. The van der Waals surface area contributed by atoms with Gasteiger partial charge in [0.1, 0.15) is 6.61 Å². The fourth-order valence-corrected chi connectivity index (χ4v) is 1.71. The Kier molecular flexibility index (Phi) is 2.95. The second-order valence-corrected chi connectivity index (χ2v) is 4.01. The van der Waals surface area contributed by atoms with Crippen molar-refractivity contribution < 1.29 is 4.74 Å². The molecule has 0 aliphatic rings. The lowest BCUT2D eigenvalue weighted by molar-refractivity contribution is 0.304. The Morgan fingerprint density at radius 3 is 2.50 bits per heavy atom. The van der Waals surface area contributed by atoms with E-state index in [9.17, 15) is 0 Å². The highest BCUT2D eigenvalue weighted by atomic mass is 16.5. The second kappa shape index (κ2) is 4.39. The Morgan fingerprint density at radius 2 is 1.94 bits per heavy atom. The summed E-state index contributed by atoms with van der Waals surface area (Å²) in [5.74, 6) is 0.810. The van der Waals surface area contributed by atoms with Crippen LogP contribution < -0.4 is 4.74 Å². The molecule has 3 nitrogen and oxygen atoms in total. The van der Waals surface area contributed by atoms with E-state index >= 15 is 0 Å². The number of hydrogen-bond donors (Lipinski definition) is 0. The van der Waals surface area contributed by atoms with E-state index in [4.69, 9.17) is 4.74 Å². The first-order chi connectivity index (χ1) is 7.66. The number of nitrogens with zero attached hydrogens (tertiary/aromatic N) is 2. The SMILES string of the molecule is Cc1cccc(C)c1COc1cnn(C)c1. The molecule has 0 unspecified atom stereocenters. The van der Waals surface area contributed by atoms with Crippen LogP contribution in [-0.2, 0) is 13.7 Å². The first-order valence-corrected chi connectivity index (χ1v) is 5.33. The maximum atomic E-state index is 5.69. The number of hydrogen-bond acceptors (Lipinski definition) is 2. The maximum absolute atomic E-state index is 5.69. The van der Waals surface area contributed by atoms with Crippen molar-refractivity contribution in [2.24, 2.45) is 7.05 Å². The largest absolute Gasteiger partial charge is 0.486 e. The zero-order valence-corrected chi connectivity index (χ0v) is 9.90. The molecule has 0 aliphatic heterocycles. The van der Waals surface area contributed by atoms with E-state index in [0.29, 0.717) is 6.61 Å². The summed E-state index contributed by atoms with van der Waals surface area (Å²) < 4.78 is 7.43. The molecule has 0 bridgehead atoms. The molecule has 0 atom stereocenters. The van der Waals surface area contributed by atoms with Crippen LogP contribution in [0, 0.1) is 13.8 Å². The van der Waals surface area contributed by atoms with Crippen LogP contribution in [0.1, 0.15) is 16.7 Å². The van der Waals surface area contributed by atoms with Gasteiger partial charge in [0.05, 0.1) is 12.4 Å². The van der Waals surface area contributed by atoms with Crippen LogP contribution in [0.3, 0.4) is 0 Å². The molecule has 0 amide bonds. The van der Waals surface area contributed by atoms with Gasteiger partial charge in [0.2, 0.25) is 0 Å². The van der Waals surface area contributed by atoms with Crippen molar-refractivity contribution in [3.05, 3.63) is 47.3 Å². The van der Waals surface area contributed by atoms with Gasteiger partial charge in [-0.2, -0.15) is 5.10 Å². The Labute approximate surface area is 95.7 Å². The van der Waals surface area contributed by atoms with Crippen LogP contribution in [0.2, 0.25) is 0 Å². The molecule has 0 fully saturated rings. The topological polar surface area (TPSA) is 27.1 Å². The van der Waals surface area contributed by atoms with E-state index in [0.717, 1.165) is 5.75 Å². The number of aryl methyl sites for hydroxylation is 3. The molecule has 0 radical (unpaired) electrons. The molecule has 0 saturated heterocycles. The molecule has 3 heteroatoms. The molecular formula is C13H16N2O. The molecule has 2 aromatic rings. The molecule has 0 aliphatic carbocycles. The third-order valence-electron chi connectivity index (χ3n) is 2.71. The average molecular weight is 216 g/mol. The van der Waals surface area contributed by atoms with Gasteiger partial charge in [-0.1, -0.05) is 18.2 Å². The molecule has 84 valence electrons.